The molecule has 0 radical (unpaired) electrons. The van der Waals surface area contributed by atoms with Gasteiger partial charge < -0.3 is 4.74 Å². The summed E-state index contributed by atoms with van der Waals surface area (Å²) in [5.41, 5.74) is 2.30. The second-order valence-electron chi connectivity index (χ2n) is 7.65. The molecule has 172 valence electrons. The van der Waals surface area contributed by atoms with Gasteiger partial charge in [0.1, 0.15) is 5.75 Å². The fraction of sp³-hybridized carbons (Fsp3) is 0.333. The number of aromatic amines is 1. The standard InChI is InChI=1S/C24H25BrN4O3S/c1-4-6-13-33-24-26-22(31)21-17-9-7-8-10-20(17)28(15(3)30)23(29(21)27-24)18-14-16(32-5-2)11-12-19(18)25/h7-12,14,23H,4-6,13H2,1-3H3/p+1/t23-/m0/s1. The average molecular weight is 530 g/mol. The maximum absolute atomic E-state index is 13.3. The molecular formula is C24H26BrN4O3S+. The molecule has 1 aromatic heterocycles. The van der Waals surface area contributed by atoms with Gasteiger partial charge in [0.25, 0.3) is 6.17 Å². The van der Waals surface area contributed by atoms with Crippen LogP contribution in [0.2, 0.25) is 0 Å². The lowest BCUT2D eigenvalue weighted by atomic mass is 10.0. The molecule has 33 heavy (non-hydrogen) atoms. The molecule has 0 saturated carbocycles. The zero-order chi connectivity index (χ0) is 23.5. The highest BCUT2D eigenvalue weighted by Crippen LogP contribution is 2.39. The highest BCUT2D eigenvalue weighted by molar-refractivity contribution is 9.10. The average Bonchev–Trinajstić information content (AvgIpc) is 2.79. The Morgan fingerprint density at radius 2 is 2.06 bits per heavy atom. The lowest BCUT2D eigenvalue weighted by molar-refractivity contribution is -0.763. The molecule has 2 heterocycles. The summed E-state index contributed by atoms with van der Waals surface area (Å²) in [5.74, 6) is 1.38. The van der Waals surface area contributed by atoms with Crippen molar-refractivity contribution >= 4 is 39.3 Å². The van der Waals surface area contributed by atoms with Crippen LogP contribution in [0.15, 0.2) is 56.9 Å². The van der Waals surface area contributed by atoms with Gasteiger partial charge in [0.2, 0.25) is 11.1 Å². The number of unbranched alkanes of at least 4 members (excludes halogenated alkanes) is 1. The van der Waals surface area contributed by atoms with E-state index in [2.05, 4.69) is 27.8 Å². The first-order valence-electron chi connectivity index (χ1n) is 11.0. The number of aromatic nitrogens is 3. The Labute approximate surface area is 205 Å². The zero-order valence-electron chi connectivity index (χ0n) is 18.8. The lowest BCUT2D eigenvalue weighted by Crippen LogP contribution is -2.60. The number of benzene rings is 2. The second kappa shape index (κ2) is 10.1. The predicted octanol–water partition coefficient (Wildman–Crippen LogP) is 4.69. The molecular weight excluding hydrogens is 504 g/mol. The van der Waals surface area contributed by atoms with Crippen molar-refractivity contribution in [1.29, 1.82) is 0 Å². The van der Waals surface area contributed by atoms with Crippen LogP contribution in [-0.4, -0.2) is 28.3 Å². The molecule has 1 amide bonds. The Hall–Kier alpha value is -2.65. The van der Waals surface area contributed by atoms with Crippen molar-refractivity contribution < 1.29 is 14.2 Å². The van der Waals surface area contributed by atoms with Crippen molar-refractivity contribution in [3.8, 4) is 17.0 Å². The van der Waals surface area contributed by atoms with Gasteiger partial charge in [0.15, 0.2) is 0 Å². The Kier molecular flexibility index (Phi) is 7.19. The lowest BCUT2D eigenvalue weighted by Gasteiger charge is -2.31. The van der Waals surface area contributed by atoms with Gasteiger partial charge in [-0.3, -0.25) is 14.6 Å². The SMILES string of the molecule is CCCCSc1n[n+]2c(c(=O)[nH]1)-c1ccccc1N(C(C)=O)[C@@H]2c1cc(OCC)ccc1Br. The predicted molar refractivity (Wildman–Crippen MR) is 133 cm³/mol. The van der Waals surface area contributed by atoms with Crippen molar-refractivity contribution in [2.75, 3.05) is 17.3 Å². The number of thioether (sulfide) groups is 1. The van der Waals surface area contributed by atoms with Gasteiger partial charge in [-0.15, -0.1) is 0 Å². The van der Waals surface area contributed by atoms with E-state index in [0.29, 0.717) is 34.5 Å². The number of nitrogens with zero attached hydrogens (tertiary/aromatic N) is 3. The minimum atomic E-state index is -0.657. The number of amides is 1. The third-order valence-electron chi connectivity index (χ3n) is 5.39. The van der Waals surface area contributed by atoms with Crippen LogP contribution in [-0.2, 0) is 4.79 Å². The molecule has 2 aromatic carbocycles. The second-order valence-corrected chi connectivity index (χ2v) is 9.59. The number of carbonyl (C=O) groups excluding carboxylic acids is 1. The first-order valence-corrected chi connectivity index (χ1v) is 12.7. The van der Waals surface area contributed by atoms with Crippen LogP contribution < -0.4 is 19.9 Å². The molecule has 3 aromatic rings. The number of halogens is 1. The van der Waals surface area contributed by atoms with Gasteiger partial charge in [-0.2, -0.15) is 0 Å². The van der Waals surface area contributed by atoms with Crippen LogP contribution in [0.1, 0.15) is 45.3 Å². The fourth-order valence-electron chi connectivity index (χ4n) is 3.95. The molecule has 7 nitrogen and oxygen atoms in total. The van der Waals surface area contributed by atoms with Gasteiger partial charge in [-0.1, -0.05) is 53.2 Å². The number of hydrogen-bond donors (Lipinski definition) is 1. The minimum Gasteiger partial charge on any atom is -0.494 e. The van der Waals surface area contributed by atoms with Crippen molar-refractivity contribution in [1.82, 2.24) is 10.1 Å². The smallest absolute Gasteiger partial charge is 0.325 e. The van der Waals surface area contributed by atoms with E-state index < -0.39 is 6.17 Å². The topological polar surface area (TPSA) is 79.2 Å². The van der Waals surface area contributed by atoms with E-state index in [9.17, 15) is 9.59 Å². The van der Waals surface area contributed by atoms with E-state index in [1.54, 1.807) is 9.58 Å². The molecule has 0 spiro atoms. The molecule has 1 atom stereocenters. The van der Waals surface area contributed by atoms with Crippen molar-refractivity contribution in [2.45, 2.75) is 44.9 Å². The van der Waals surface area contributed by atoms with Crippen LogP contribution in [0.5, 0.6) is 5.75 Å². The molecule has 0 bridgehead atoms. The molecule has 0 saturated heterocycles. The zero-order valence-corrected chi connectivity index (χ0v) is 21.2. The number of ether oxygens (including phenoxy) is 1. The van der Waals surface area contributed by atoms with Gasteiger partial charge in [0.05, 0.1) is 23.4 Å². The molecule has 1 aliphatic rings. The Balaban J connectivity index is 1.99. The summed E-state index contributed by atoms with van der Waals surface area (Å²) in [6, 6.07) is 13.1. The van der Waals surface area contributed by atoms with E-state index in [1.807, 2.05) is 49.4 Å². The first kappa shape index (κ1) is 23.5. The summed E-state index contributed by atoms with van der Waals surface area (Å²) in [4.78, 5) is 30.9. The van der Waals surface area contributed by atoms with Gasteiger partial charge >= 0.3 is 11.3 Å². The third-order valence-corrected chi connectivity index (χ3v) is 7.06. The number of para-hydroxylation sites is 1. The number of H-pyrrole nitrogens is 1. The summed E-state index contributed by atoms with van der Waals surface area (Å²) in [6.45, 7) is 6.09. The van der Waals surface area contributed by atoms with Crippen LogP contribution in [0, 0.1) is 0 Å². The molecule has 0 fully saturated rings. The van der Waals surface area contributed by atoms with E-state index >= 15 is 0 Å². The number of nitrogens with one attached hydrogen (secondary N) is 1. The number of anilines is 1. The third kappa shape index (κ3) is 4.56. The summed E-state index contributed by atoms with van der Waals surface area (Å²) >= 11 is 5.16. The Bertz CT molecular complexity index is 1250. The summed E-state index contributed by atoms with van der Waals surface area (Å²) in [6.07, 6.45) is 1.42. The quantitative estimate of drug-likeness (QED) is 0.273. The number of carbonyl (C=O) groups is 1. The maximum Gasteiger partial charge on any atom is 0.325 e. The van der Waals surface area contributed by atoms with E-state index in [1.165, 1.54) is 18.7 Å². The van der Waals surface area contributed by atoms with Crippen molar-refractivity contribution in [3.63, 3.8) is 0 Å². The highest BCUT2D eigenvalue weighted by Gasteiger charge is 2.45. The Morgan fingerprint density at radius 1 is 1.27 bits per heavy atom. The molecule has 1 N–H and O–H groups in total. The summed E-state index contributed by atoms with van der Waals surface area (Å²) in [5, 5.41) is 5.35. The van der Waals surface area contributed by atoms with Gasteiger partial charge in [0, 0.05) is 22.2 Å². The normalized spacial score (nSPS) is 14.5. The first-order chi connectivity index (χ1) is 16.0. The largest absolute Gasteiger partial charge is 0.494 e. The maximum atomic E-state index is 13.3. The molecule has 4 rings (SSSR count). The van der Waals surface area contributed by atoms with E-state index in [4.69, 9.17) is 9.84 Å². The number of fused-ring (bicyclic) bond motifs is 3. The van der Waals surface area contributed by atoms with Gasteiger partial charge in [-0.05, 0) is 48.4 Å². The van der Waals surface area contributed by atoms with Crippen LogP contribution >= 0.6 is 27.7 Å². The van der Waals surface area contributed by atoms with Crippen molar-refractivity contribution in [2.24, 2.45) is 0 Å². The molecule has 1 aliphatic heterocycles. The number of rotatable bonds is 7. The summed E-state index contributed by atoms with van der Waals surface area (Å²) < 4.78 is 8.20. The Morgan fingerprint density at radius 3 is 2.79 bits per heavy atom. The number of hydrogen-bond acceptors (Lipinski definition) is 5. The van der Waals surface area contributed by atoms with Gasteiger partial charge in [-0.25, -0.2) is 4.90 Å². The van der Waals surface area contributed by atoms with Crippen molar-refractivity contribution in [3.05, 3.63) is 62.9 Å². The molecule has 9 heteroatoms. The molecule has 0 aliphatic carbocycles. The molecule has 0 unspecified atom stereocenters. The van der Waals surface area contributed by atoms with Crippen LogP contribution in [0.3, 0.4) is 0 Å². The van der Waals surface area contributed by atoms with Crippen LogP contribution in [0.4, 0.5) is 5.69 Å². The monoisotopic (exact) mass is 529 g/mol. The summed E-state index contributed by atoms with van der Waals surface area (Å²) in [7, 11) is 0. The minimum absolute atomic E-state index is 0.151. The highest BCUT2D eigenvalue weighted by atomic mass is 79.9. The van der Waals surface area contributed by atoms with E-state index in [0.717, 1.165) is 28.6 Å². The van der Waals surface area contributed by atoms with Crippen LogP contribution in [0.25, 0.3) is 11.3 Å². The van der Waals surface area contributed by atoms with E-state index in [-0.39, 0.29) is 11.5 Å². The fourth-order valence-corrected chi connectivity index (χ4v) is 5.34.